The molecule has 2 bridgehead atoms. The third-order valence-corrected chi connectivity index (χ3v) is 6.74. The Morgan fingerprint density at radius 1 is 1.09 bits per heavy atom. The lowest BCUT2D eigenvalue weighted by Crippen LogP contribution is -2.38. The molecule has 0 amide bonds. The number of hydrogen-bond donors (Lipinski definition) is 0. The molecule has 3 rings (SSSR count). The van der Waals surface area contributed by atoms with Crippen LogP contribution < -0.4 is 4.74 Å². The molecule has 120 valence electrons. The molecule has 0 radical (unpaired) electrons. The van der Waals surface area contributed by atoms with Gasteiger partial charge in [0.15, 0.2) is 9.84 Å². The molecule has 2 aliphatic rings. The van der Waals surface area contributed by atoms with E-state index in [0.29, 0.717) is 19.3 Å². The molecule has 22 heavy (non-hydrogen) atoms. The van der Waals surface area contributed by atoms with Crippen molar-refractivity contribution in [1.82, 2.24) is 0 Å². The maximum atomic E-state index is 12.2. The monoisotopic (exact) mass is 332 g/mol. The molecule has 0 N–H and O–H groups in total. The Bertz CT molecular complexity index is 690. The lowest BCUT2D eigenvalue weighted by atomic mass is 9.93. The van der Waals surface area contributed by atoms with Gasteiger partial charge in [-0.25, -0.2) is 8.42 Å². The Balaban J connectivity index is 1.85. The first-order valence-electron chi connectivity index (χ1n) is 7.05. The number of fused-ring (bicyclic) bond motifs is 2. The van der Waals surface area contributed by atoms with E-state index in [2.05, 4.69) is 4.74 Å². The zero-order valence-corrected chi connectivity index (χ0v) is 12.5. The minimum atomic E-state index is -4.71. The van der Waals surface area contributed by atoms with Crippen LogP contribution in [0.5, 0.6) is 5.75 Å². The molecular weight excluding hydrogens is 317 g/mol. The van der Waals surface area contributed by atoms with Gasteiger partial charge in [0, 0.05) is 0 Å². The molecule has 2 aliphatic heterocycles. The van der Waals surface area contributed by atoms with Crippen molar-refractivity contribution in [1.29, 1.82) is 0 Å². The fourth-order valence-corrected chi connectivity index (χ4v) is 5.39. The topological polar surface area (TPSA) is 43.4 Å². The maximum absolute atomic E-state index is 12.2. The number of allylic oxidation sites excluding steroid dienone is 1. The van der Waals surface area contributed by atoms with Crippen LogP contribution in [-0.2, 0) is 9.84 Å². The third kappa shape index (κ3) is 2.99. The number of benzene rings is 1. The average Bonchev–Trinajstić information content (AvgIpc) is 2.36. The SMILES string of the molecule is O=S1(=O)C2C=C(c3ccc(OC(F)(F)F)cc3)CC1CCC2. The van der Waals surface area contributed by atoms with Crippen LogP contribution in [0.4, 0.5) is 13.2 Å². The number of halogens is 3. The van der Waals surface area contributed by atoms with Gasteiger partial charge in [-0.05, 0) is 42.5 Å². The standard InChI is InChI=1S/C15H15F3O3S/c16-15(17,18)21-12-6-4-10(5-7-12)11-8-13-2-1-3-14(9-11)22(13,19)20/h4-8,13-14H,1-3,9H2. The summed E-state index contributed by atoms with van der Waals surface area (Å²) >= 11 is 0. The molecule has 2 atom stereocenters. The molecule has 1 aromatic carbocycles. The van der Waals surface area contributed by atoms with E-state index >= 15 is 0 Å². The fourth-order valence-electron chi connectivity index (χ4n) is 3.14. The summed E-state index contributed by atoms with van der Waals surface area (Å²) in [4.78, 5) is 0. The van der Waals surface area contributed by atoms with E-state index < -0.39 is 21.4 Å². The van der Waals surface area contributed by atoms with Gasteiger partial charge in [0.05, 0.1) is 10.5 Å². The molecule has 0 aliphatic carbocycles. The molecule has 0 saturated carbocycles. The highest BCUT2D eigenvalue weighted by Crippen LogP contribution is 2.39. The number of alkyl halides is 3. The molecule has 1 aromatic rings. The van der Waals surface area contributed by atoms with Crippen LogP contribution in [-0.4, -0.2) is 25.3 Å². The molecule has 2 heterocycles. The van der Waals surface area contributed by atoms with E-state index in [0.717, 1.165) is 17.6 Å². The van der Waals surface area contributed by atoms with Gasteiger partial charge >= 0.3 is 6.36 Å². The van der Waals surface area contributed by atoms with E-state index in [-0.39, 0.29) is 11.0 Å². The van der Waals surface area contributed by atoms with Crippen molar-refractivity contribution < 1.29 is 26.3 Å². The summed E-state index contributed by atoms with van der Waals surface area (Å²) in [5.41, 5.74) is 1.64. The molecule has 3 nitrogen and oxygen atoms in total. The van der Waals surface area contributed by atoms with Crippen molar-refractivity contribution in [2.45, 2.75) is 42.5 Å². The zero-order chi connectivity index (χ0) is 16.0. The van der Waals surface area contributed by atoms with Gasteiger partial charge in [0.2, 0.25) is 0 Å². The van der Waals surface area contributed by atoms with Gasteiger partial charge in [0.1, 0.15) is 5.75 Å². The van der Waals surface area contributed by atoms with Crippen LogP contribution in [0.25, 0.3) is 5.57 Å². The Labute approximate surface area is 126 Å². The molecule has 1 saturated heterocycles. The Morgan fingerprint density at radius 3 is 2.36 bits per heavy atom. The third-order valence-electron chi connectivity index (χ3n) is 4.19. The van der Waals surface area contributed by atoms with Crippen LogP contribution in [0.3, 0.4) is 0 Å². The van der Waals surface area contributed by atoms with Crippen molar-refractivity contribution >= 4 is 15.4 Å². The quantitative estimate of drug-likeness (QED) is 0.829. The number of sulfone groups is 1. The average molecular weight is 332 g/mol. The van der Waals surface area contributed by atoms with E-state index in [1.54, 1.807) is 18.2 Å². The first-order chi connectivity index (χ1) is 10.3. The summed E-state index contributed by atoms with van der Waals surface area (Å²) in [7, 11) is -3.09. The zero-order valence-electron chi connectivity index (χ0n) is 11.6. The minimum absolute atomic E-state index is 0.277. The molecule has 0 aromatic heterocycles. The number of rotatable bonds is 2. The van der Waals surface area contributed by atoms with E-state index in [4.69, 9.17) is 0 Å². The van der Waals surface area contributed by atoms with Crippen LogP contribution in [0.15, 0.2) is 30.3 Å². The second kappa shape index (κ2) is 5.30. The summed E-state index contributed by atoms with van der Waals surface area (Å²) in [6.07, 6.45) is -0.348. The van der Waals surface area contributed by atoms with E-state index in [1.165, 1.54) is 12.1 Å². The van der Waals surface area contributed by atoms with E-state index in [9.17, 15) is 21.6 Å². The van der Waals surface area contributed by atoms with E-state index in [1.807, 2.05) is 0 Å². The number of hydrogen-bond acceptors (Lipinski definition) is 3. The summed E-state index contributed by atoms with van der Waals surface area (Å²) in [5, 5.41) is -0.821. The van der Waals surface area contributed by atoms with Crippen molar-refractivity contribution in [3.8, 4) is 5.75 Å². The first kappa shape index (κ1) is 15.4. The van der Waals surface area contributed by atoms with Crippen molar-refractivity contribution in [3.05, 3.63) is 35.9 Å². The smallest absolute Gasteiger partial charge is 0.406 e. The van der Waals surface area contributed by atoms with Crippen LogP contribution in [0.2, 0.25) is 0 Å². The molecule has 7 heteroatoms. The maximum Gasteiger partial charge on any atom is 0.573 e. The lowest BCUT2D eigenvalue weighted by Gasteiger charge is -2.33. The molecule has 0 spiro atoms. The van der Waals surface area contributed by atoms with Crippen molar-refractivity contribution in [2.24, 2.45) is 0 Å². The highest BCUT2D eigenvalue weighted by atomic mass is 32.2. The summed E-state index contributed by atoms with van der Waals surface area (Å²) < 4.78 is 64.6. The highest BCUT2D eigenvalue weighted by Gasteiger charge is 2.40. The largest absolute Gasteiger partial charge is 0.573 e. The van der Waals surface area contributed by atoms with Gasteiger partial charge in [-0.1, -0.05) is 24.6 Å². The van der Waals surface area contributed by atoms with Gasteiger partial charge < -0.3 is 4.74 Å². The first-order valence-corrected chi connectivity index (χ1v) is 8.66. The Hall–Kier alpha value is -1.50. The van der Waals surface area contributed by atoms with Gasteiger partial charge in [-0.15, -0.1) is 13.2 Å². The van der Waals surface area contributed by atoms with Crippen molar-refractivity contribution in [2.75, 3.05) is 0 Å². The normalized spacial score (nSPS) is 27.1. The fraction of sp³-hybridized carbons (Fsp3) is 0.467. The summed E-state index contributed by atoms with van der Waals surface area (Å²) in [5.74, 6) is -0.277. The Kier molecular flexibility index (Phi) is 3.71. The van der Waals surface area contributed by atoms with Crippen LogP contribution in [0, 0.1) is 0 Å². The summed E-state index contributed by atoms with van der Waals surface area (Å²) in [6.45, 7) is 0. The second-order valence-electron chi connectivity index (χ2n) is 5.65. The van der Waals surface area contributed by atoms with Crippen LogP contribution >= 0.6 is 0 Å². The molecule has 2 unspecified atom stereocenters. The summed E-state index contributed by atoms with van der Waals surface area (Å²) in [6, 6.07) is 5.59. The van der Waals surface area contributed by atoms with Gasteiger partial charge in [0.25, 0.3) is 0 Å². The minimum Gasteiger partial charge on any atom is -0.406 e. The van der Waals surface area contributed by atoms with Gasteiger partial charge in [-0.2, -0.15) is 0 Å². The lowest BCUT2D eigenvalue weighted by molar-refractivity contribution is -0.274. The molecular formula is C15H15F3O3S. The predicted octanol–water partition coefficient (Wildman–Crippen LogP) is 3.71. The van der Waals surface area contributed by atoms with Crippen molar-refractivity contribution in [3.63, 3.8) is 0 Å². The second-order valence-corrected chi connectivity index (χ2v) is 8.10. The van der Waals surface area contributed by atoms with Crippen LogP contribution in [0.1, 0.15) is 31.2 Å². The molecule has 1 fully saturated rings. The Morgan fingerprint density at radius 2 is 1.77 bits per heavy atom. The highest BCUT2D eigenvalue weighted by molar-refractivity contribution is 7.93. The van der Waals surface area contributed by atoms with Gasteiger partial charge in [-0.3, -0.25) is 0 Å². The number of ether oxygens (including phenoxy) is 1. The predicted molar refractivity (Wildman–Crippen MR) is 76.1 cm³/mol.